The van der Waals surface area contributed by atoms with Gasteiger partial charge in [0.05, 0.1) is 6.04 Å². The van der Waals surface area contributed by atoms with Gasteiger partial charge in [0.25, 0.3) is 0 Å². The highest BCUT2D eigenvalue weighted by molar-refractivity contribution is 5.81. The van der Waals surface area contributed by atoms with E-state index in [-0.39, 0.29) is 11.9 Å². The Kier molecular flexibility index (Phi) is 5.81. The lowest BCUT2D eigenvalue weighted by atomic mass is 10.0. The van der Waals surface area contributed by atoms with Gasteiger partial charge in [0.2, 0.25) is 5.91 Å². The number of hydrogen-bond acceptors (Lipinski definition) is 2. The van der Waals surface area contributed by atoms with Crippen molar-refractivity contribution < 1.29 is 4.79 Å². The normalized spacial score (nSPS) is 22.4. The smallest absolute Gasteiger partial charge is 0.239 e. The van der Waals surface area contributed by atoms with E-state index >= 15 is 0 Å². The summed E-state index contributed by atoms with van der Waals surface area (Å²) in [6, 6.07) is -0.264. The van der Waals surface area contributed by atoms with Gasteiger partial charge in [-0.05, 0) is 25.2 Å². The maximum atomic E-state index is 12.0. The van der Waals surface area contributed by atoms with E-state index in [4.69, 9.17) is 5.73 Å². The molecule has 1 aliphatic rings. The third kappa shape index (κ3) is 3.78. The Labute approximate surface area is 99.4 Å². The van der Waals surface area contributed by atoms with Crippen LogP contribution >= 0.6 is 0 Å². The molecule has 94 valence electrons. The maximum Gasteiger partial charge on any atom is 0.239 e. The first kappa shape index (κ1) is 13.5. The zero-order chi connectivity index (χ0) is 12.0. The van der Waals surface area contributed by atoms with E-state index in [1.807, 2.05) is 4.90 Å². The molecule has 1 saturated heterocycles. The highest BCUT2D eigenvalue weighted by atomic mass is 16.2. The number of nitrogens with zero attached hydrogens (tertiary/aromatic N) is 1. The molecule has 0 aromatic carbocycles. The Morgan fingerprint density at radius 3 is 2.81 bits per heavy atom. The molecule has 2 N–H and O–H groups in total. The van der Waals surface area contributed by atoms with Gasteiger partial charge in [0, 0.05) is 13.1 Å². The predicted octanol–water partition coefficient (Wildman–Crippen LogP) is 2.15. The van der Waals surface area contributed by atoms with Crippen molar-refractivity contribution in [3.05, 3.63) is 0 Å². The molecule has 2 atom stereocenters. The molecule has 2 unspecified atom stereocenters. The average molecular weight is 226 g/mol. The van der Waals surface area contributed by atoms with Crippen molar-refractivity contribution in [2.24, 2.45) is 11.7 Å². The SMILES string of the molecule is CCCCC(N)C(=O)N1CCC(CCC)C1. The standard InChI is InChI=1S/C13H26N2O/c1-3-5-7-12(14)13(16)15-9-8-11(10-15)6-4-2/h11-12H,3-10,14H2,1-2H3. The maximum absolute atomic E-state index is 12.0. The summed E-state index contributed by atoms with van der Waals surface area (Å²) in [6.07, 6.45) is 6.63. The van der Waals surface area contributed by atoms with Crippen LogP contribution in [0.5, 0.6) is 0 Å². The Bertz CT molecular complexity index is 218. The van der Waals surface area contributed by atoms with Gasteiger partial charge < -0.3 is 10.6 Å². The van der Waals surface area contributed by atoms with Crippen molar-refractivity contribution in [2.75, 3.05) is 13.1 Å². The molecule has 1 amide bonds. The summed E-state index contributed by atoms with van der Waals surface area (Å²) in [5, 5.41) is 0. The summed E-state index contributed by atoms with van der Waals surface area (Å²) >= 11 is 0. The molecule has 0 radical (unpaired) electrons. The number of rotatable bonds is 6. The quantitative estimate of drug-likeness (QED) is 0.754. The lowest BCUT2D eigenvalue weighted by Crippen LogP contribution is -2.42. The van der Waals surface area contributed by atoms with Gasteiger partial charge in [-0.1, -0.05) is 33.1 Å². The summed E-state index contributed by atoms with van der Waals surface area (Å²) < 4.78 is 0. The van der Waals surface area contributed by atoms with Crippen molar-refractivity contribution >= 4 is 5.91 Å². The molecule has 0 aliphatic carbocycles. The average Bonchev–Trinajstić information content (AvgIpc) is 2.74. The summed E-state index contributed by atoms with van der Waals surface area (Å²) in [4.78, 5) is 14.0. The van der Waals surface area contributed by atoms with Crippen molar-refractivity contribution in [1.29, 1.82) is 0 Å². The van der Waals surface area contributed by atoms with Crippen LogP contribution in [0.15, 0.2) is 0 Å². The predicted molar refractivity (Wildman–Crippen MR) is 67.1 cm³/mol. The number of amides is 1. The van der Waals surface area contributed by atoms with Crippen LogP contribution in [0.3, 0.4) is 0 Å². The summed E-state index contributed by atoms with van der Waals surface area (Å²) in [5.41, 5.74) is 5.91. The molecular weight excluding hydrogens is 200 g/mol. The minimum absolute atomic E-state index is 0.173. The monoisotopic (exact) mass is 226 g/mol. The first-order chi connectivity index (χ1) is 7.69. The van der Waals surface area contributed by atoms with Crippen molar-refractivity contribution in [2.45, 2.75) is 58.4 Å². The molecule has 0 spiro atoms. The van der Waals surface area contributed by atoms with Gasteiger partial charge in [-0.2, -0.15) is 0 Å². The number of nitrogens with two attached hydrogens (primary N) is 1. The van der Waals surface area contributed by atoms with Crippen LogP contribution in [0.1, 0.15) is 52.4 Å². The molecule has 0 bridgehead atoms. The fraction of sp³-hybridized carbons (Fsp3) is 0.923. The second kappa shape index (κ2) is 6.89. The summed E-state index contributed by atoms with van der Waals surface area (Å²) in [7, 11) is 0. The van der Waals surface area contributed by atoms with Gasteiger partial charge in [-0.3, -0.25) is 4.79 Å². The van der Waals surface area contributed by atoms with Gasteiger partial charge in [0.15, 0.2) is 0 Å². The van der Waals surface area contributed by atoms with E-state index in [1.54, 1.807) is 0 Å². The summed E-state index contributed by atoms with van der Waals surface area (Å²) in [6.45, 7) is 6.19. The van der Waals surface area contributed by atoms with Crippen LogP contribution in [-0.4, -0.2) is 29.9 Å². The lowest BCUT2D eigenvalue weighted by Gasteiger charge is -2.20. The van der Waals surface area contributed by atoms with Gasteiger partial charge >= 0.3 is 0 Å². The van der Waals surface area contributed by atoms with Gasteiger partial charge in [0.1, 0.15) is 0 Å². The number of likely N-dealkylation sites (tertiary alicyclic amines) is 1. The van der Waals surface area contributed by atoms with Crippen LogP contribution in [0.4, 0.5) is 0 Å². The zero-order valence-electron chi connectivity index (χ0n) is 10.7. The summed E-state index contributed by atoms with van der Waals surface area (Å²) in [5.74, 6) is 0.888. The Hall–Kier alpha value is -0.570. The molecule has 1 fully saturated rings. The topological polar surface area (TPSA) is 46.3 Å². The molecule has 1 aliphatic heterocycles. The van der Waals surface area contributed by atoms with E-state index < -0.39 is 0 Å². The third-order valence-electron chi connectivity index (χ3n) is 3.48. The molecule has 1 heterocycles. The first-order valence-corrected chi connectivity index (χ1v) is 6.73. The number of carbonyl (C=O) groups excluding carboxylic acids is 1. The third-order valence-corrected chi connectivity index (χ3v) is 3.48. The minimum atomic E-state index is -0.264. The fourth-order valence-electron chi connectivity index (χ4n) is 2.46. The largest absolute Gasteiger partial charge is 0.341 e. The van der Waals surface area contributed by atoms with E-state index in [0.717, 1.165) is 32.4 Å². The molecule has 1 rings (SSSR count). The Morgan fingerprint density at radius 2 is 2.19 bits per heavy atom. The highest BCUT2D eigenvalue weighted by Crippen LogP contribution is 2.21. The lowest BCUT2D eigenvalue weighted by molar-refractivity contribution is -0.131. The van der Waals surface area contributed by atoms with Gasteiger partial charge in [-0.15, -0.1) is 0 Å². The molecular formula is C13H26N2O. The van der Waals surface area contributed by atoms with E-state index in [1.165, 1.54) is 19.3 Å². The van der Waals surface area contributed by atoms with Crippen LogP contribution < -0.4 is 5.73 Å². The van der Waals surface area contributed by atoms with Crippen molar-refractivity contribution in [3.8, 4) is 0 Å². The van der Waals surface area contributed by atoms with Crippen LogP contribution in [0.25, 0.3) is 0 Å². The van der Waals surface area contributed by atoms with Crippen LogP contribution in [-0.2, 0) is 4.79 Å². The molecule has 3 heteroatoms. The fourth-order valence-corrected chi connectivity index (χ4v) is 2.46. The molecule has 0 aromatic heterocycles. The van der Waals surface area contributed by atoms with Gasteiger partial charge in [-0.25, -0.2) is 0 Å². The molecule has 0 aromatic rings. The van der Waals surface area contributed by atoms with Crippen molar-refractivity contribution in [1.82, 2.24) is 4.90 Å². The van der Waals surface area contributed by atoms with E-state index in [2.05, 4.69) is 13.8 Å². The Balaban J connectivity index is 2.32. The number of carbonyl (C=O) groups is 1. The highest BCUT2D eigenvalue weighted by Gasteiger charge is 2.28. The number of unbranched alkanes of at least 4 members (excludes halogenated alkanes) is 1. The van der Waals surface area contributed by atoms with Crippen molar-refractivity contribution in [3.63, 3.8) is 0 Å². The minimum Gasteiger partial charge on any atom is -0.341 e. The Morgan fingerprint density at radius 1 is 1.44 bits per heavy atom. The first-order valence-electron chi connectivity index (χ1n) is 6.73. The van der Waals surface area contributed by atoms with Crippen LogP contribution in [0, 0.1) is 5.92 Å². The van der Waals surface area contributed by atoms with E-state index in [0.29, 0.717) is 5.92 Å². The molecule has 0 saturated carbocycles. The zero-order valence-corrected chi connectivity index (χ0v) is 10.7. The second-order valence-electron chi connectivity index (χ2n) is 4.98. The molecule has 3 nitrogen and oxygen atoms in total. The second-order valence-corrected chi connectivity index (χ2v) is 4.98. The number of hydrogen-bond donors (Lipinski definition) is 1. The molecule has 16 heavy (non-hydrogen) atoms. The van der Waals surface area contributed by atoms with E-state index in [9.17, 15) is 4.79 Å². The van der Waals surface area contributed by atoms with Crippen LogP contribution in [0.2, 0.25) is 0 Å².